The Balaban J connectivity index is 1.64. The van der Waals surface area contributed by atoms with Crippen molar-refractivity contribution >= 4 is 28.9 Å². The van der Waals surface area contributed by atoms with Gasteiger partial charge in [0, 0.05) is 23.5 Å². The van der Waals surface area contributed by atoms with Crippen molar-refractivity contribution in [1.82, 2.24) is 9.97 Å². The summed E-state index contributed by atoms with van der Waals surface area (Å²) in [6.45, 7) is 5.69. The van der Waals surface area contributed by atoms with Gasteiger partial charge in [0.2, 0.25) is 5.88 Å². The van der Waals surface area contributed by atoms with Crippen LogP contribution in [0.15, 0.2) is 48.5 Å². The van der Waals surface area contributed by atoms with Crippen LogP contribution in [0.4, 0.5) is 27.7 Å². The Morgan fingerprint density at radius 2 is 1.62 bits per heavy atom. The topological polar surface area (TPSA) is 107 Å². The molecular formula is C23H27N5O4. The van der Waals surface area contributed by atoms with Crippen LogP contribution in [0.3, 0.4) is 0 Å². The highest BCUT2D eigenvalue weighted by Crippen LogP contribution is 2.29. The number of rotatable bonds is 8. The smallest absolute Gasteiger partial charge is 0.323 e. The maximum atomic E-state index is 12.4. The van der Waals surface area contributed by atoms with E-state index in [1.54, 1.807) is 50.4 Å². The first-order valence-corrected chi connectivity index (χ1v) is 10.1. The van der Waals surface area contributed by atoms with Crippen LogP contribution in [-0.4, -0.2) is 36.3 Å². The molecule has 0 saturated heterocycles. The number of nitrogens with zero attached hydrogens (tertiary/aromatic N) is 2. The lowest BCUT2D eigenvalue weighted by atomic mass is 10.2. The van der Waals surface area contributed by atoms with Gasteiger partial charge >= 0.3 is 6.03 Å². The van der Waals surface area contributed by atoms with Gasteiger partial charge in [-0.05, 0) is 57.2 Å². The minimum Gasteiger partial charge on any atom is -0.497 e. The molecule has 0 spiro atoms. The molecule has 2 aromatic carbocycles. The maximum Gasteiger partial charge on any atom is 0.323 e. The molecule has 0 aliphatic carbocycles. The fraction of sp³-hybridized carbons (Fsp3) is 0.261. The second-order valence-corrected chi connectivity index (χ2v) is 7.15. The number of benzene rings is 2. The summed E-state index contributed by atoms with van der Waals surface area (Å²) in [4.78, 5) is 21.1. The number of aryl methyl sites for hydroxylation is 1. The molecule has 1 aromatic heterocycles. The molecule has 0 aliphatic rings. The van der Waals surface area contributed by atoms with E-state index < -0.39 is 6.03 Å². The number of aromatic nitrogens is 2. The van der Waals surface area contributed by atoms with Crippen molar-refractivity contribution in [1.29, 1.82) is 0 Å². The maximum absolute atomic E-state index is 12.4. The third-order valence-corrected chi connectivity index (χ3v) is 4.24. The van der Waals surface area contributed by atoms with Gasteiger partial charge in [-0.1, -0.05) is 0 Å². The van der Waals surface area contributed by atoms with Crippen molar-refractivity contribution in [3.63, 3.8) is 0 Å². The molecule has 0 unspecified atom stereocenters. The van der Waals surface area contributed by atoms with Gasteiger partial charge < -0.3 is 30.2 Å². The van der Waals surface area contributed by atoms with Gasteiger partial charge in [0.05, 0.1) is 26.0 Å². The molecule has 0 radical (unpaired) electrons. The average molecular weight is 438 g/mol. The summed E-state index contributed by atoms with van der Waals surface area (Å²) in [6, 6.07) is 13.7. The molecule has 3 rings (SSSR count). The number of hydrogen-bond acceptors (Lipinski definition) is 7. The number of urea groups is 1. The molecule has 1 heterocycles. The molecule has 2 amide bonds. The van der Waals surface area contributed by atoms with Gasteiger partial charge in [-0.3, -0.25) is 0 Å². The largest absolute Gasteiger partial charge is 0.497 e. The molecule has 0 saturated carbocycles. The Hall–Kier alpha value is -4.01. The van der Waals surface area contributed by atoms with Crippen LogP contribution in [-0.2, 0) is 0 Å². The van der Waals surface area contributed by atoms with Crippen LogP contribution in [0.2, 0.25) is 0 Å². The number of hydrogen-bond donors (Lipinski definition) is 3. The van der Waals surface area contributed by atoms with Gasteiger partial charge in [0.25, 0.3) is 0 Å². The molecule has 168 valence electrons. The Morgan fingerprint density at radius 3 is 2.28 bits per heavy atom. The zero-order chi connectivity index (χ0) is 23.1. The fourth-order valence-corrected chi connectivity index (χ4v) is 2.89. The number of carbonyl (C=O) groups excluding carboxylic acids is 1. The number of carbonyl (C=O) groups is 1. The second-order valence-electron chi connectivity index (χ2n) is 7.15. The van der Waals surface area contributed by atoms with Crippen molar-refractivity contribution in [2.45, 2.75) is 26.9 Å². The minimum atomic E-state index is -0.404. The molecule has 0 aliphatic heterocycles. The molecular weight excluding hydrogens is 410 g/mol. The molecule has 3 N–H and O–H groups in total. The summed E-state index contributed by atoms with van der Waals surface area (Å²) < 4.78 is 16.1. The summed E-state index contributed by atoms with van der Waals surface area (Å²) in [6.07, 6.45) is 0.0191. The third kappa shape index (κ3) is 6.24. The monoisotopic (exact) mass is 437 g/mol. The van der Waals surface area contributed by atoms with Crippen molar-refractivity contribution in [3.8, 4) is 17.4 Å². The summed E-state index contributed by atoms with van der Waals surface area (Å²) >= 11 is 0. The third-order valence-electron chi connectivity index (χ3n) is 4.24. The van der Waals surface area contributed by atoms with E-state index >= 15 is 0 Å². The number of ether oxygens (including phenoxy) is 3. The minimum absolute atomic E-state index is 0.0191. The fourth-order valence-electron chi connectivity index (χ4n) is 2.89. The van der Waals surface area contributed by atoms with Gasteiger partial charge in [0.15, 0.2) is 0 Å². The van der Waals surface area contributed by atoms with Crippen molar-refractivity contribution in [2.24, 2.45) is 0 Å². The molecule has 3 aromatic rings. The summed E-state index contributed by atoms with van der Waals surface area (Å²) in [5.41, 5.74) is 1.93. The molecule has 0 bridgehead atoms. The van der Waals surface area contributed by atoms with Gasteiger partial charge in [0.1, 0.15) is 23.1 Å². The summed E-state index contributed by atoms with van der Waals surface area (Å²) in [5, 5.41) is 8.77. The van der Waals surface area contributed by atoms with E-state index in [1.165, 1.54) is 7.11 Å². The molecule has 9 heteroatoms. The van der Waals surface area contributed by atoms with E-state index in [-0.39, 0.29) is 6.10 Å². The van der Waals surface area contributed by atoms with E-state index in [2.05, 4.69) is 25.9 Å². The van der Waals surface area contributed by atoms with Gasteiger partial charge in [-0.15, -0.1) is 0 Å². The lowest BCUT2D eigenvalue weighted by molar-refractivity contribution is 0.232. The van der Waals surface area contributed by atoms with Crippen molar-refractivity contribution in [3.05, 3.63) is 54.4 Å². The number of methoxy groups -OCH3 is 2. The quantitative estimate of drug-likeness (QED) is 0.456. The average Bonchev–Trinajstić information content (AvgIpc) is 2.74. The lowest BCUT2D eigenvalue weighted by Crippen LogP contribution is -2.19. The van der Waals surface area contributed by atoms with Crippen molar-refractivity contribution in [2.75, 3.05) is 30.2 Å². The first kappa shape index (κ1) is 22.7. The summed E-state index contributed by atoms with van der Waals surface area (Å²) in [5.74, 6) is 2.88. The lowest BCUT2D eigenvalue weighted by Gasteiger charge is -2.13. The van der Waals surface area contributed by atoms with Crippen LogP contribution in [0.5, 0.6) is 17.4 Å². The highest BCUT2D eigenvalue weighted by Gasteiger charge is 2.10. The predicted octanol–water partition coefficient (Wildman–Crippen LogP) is 4.98. The van der Waals surface area contributed by atoms with E-state index in [0.29, 0.717) is 40.4 Å². The van der Waals surface area contributed by atoms with E-state index in [4.69, 9.17) is 14.2 Å². The Bertz CT molecular complexity index is 1070. The van der Waals surface area contributed by atoms with E-state index in [0.717, 1.165) is 5.69 Å². The van der Waals surface area contributed by atoms with Crippen LogP contribution in [0.1, 0.15) is 19.7 Å². The first-order valence-electron chi connectivity index (χ1n) is 10.1. The highest BCUT2D eigenvalue weighted by atomic mass is 16.5. The van der Waals surface area contributed by atoms with E-state index in [9.17, 15) is 4.79 Å². The Labute approximate surface area is 187 Å². The molecule has 32 heavy (non-hydrogen) atoms. The van der Waals surface area contributed by atoms with Gasteiger partial charge in [-0.2, -0.15) is 4.98 Å². The number of nitrogens with one attached hydrogen (secondary N) is 3. The van der Waals surface area contributed by atoms with Crippen LogP contribution < -0.4 is 30.2 Å². The Kier molecular flexibility index (Phi) is 7.33. The predicted molar refractivity (Wildman–Crippen MR) is 124 cm³/mol. The molecule has 0 atom stereocenters. The highest BCUT2D eigenvalue weighted by molar-refractivity contribution is 6.00. The van der Waals surface area contributed by atoms with Gasteiger partial charge in [-0.25, -0.2) is 9.78 Å². The zero-order valence-corrected chi connectivity index (χ0v) is 18.7. The van der Waals surface area contributed by atoms with Crippen LogP contribution in [0.25, 0.3) is 0 Å². The number of anilines is 4. The van der Waals surface area contributed by atoms with Crippen molar-refractivity contribution < 1.29 is 19.0 Å². The Morgan fingerprint density at radius 1 is 0.906 bits per heavy atom. The zero-order valence-electron chi connectivity index (χ0n) is 18.7. The SMILES string of the molecule is COc1ccc(OC)c(NC(=O)Nc2ccc(Nc3cc(OC(C)C)nc(C)n3)cc2)c1. The first-order chi connectivity index (χ1) is 15.4. The van der Waals surface area contributed by atoms with Crippen LogP contribution >= 0.6 is 0 Å². The molecule has 0 fully saturated rings. The standard InChI is InChI=1S/C23H27N5O4/c1-14(2)32-22-13-21(24-15(3)25-22)26-16-6-8-17(9-7-16)27-23(29)28-19-12-18(30-4)10-11-20(19)31-5/h6-14H,1-5H3,(H,24,25,26)(H2,27,28,29). The molecule has 9 nitrogen and oxygen atoms in total. The normalized spacial score (nSPS) is 10.4. The van der Waals surface area contributed by atoms with Crippen LogP contribution in [0, 0.1) is 6.92 Å². The second kappa shape index (κ2) is 10.3. The number of amides is 2. The summed E-state index contributed by atoms with van der Waals surface area (Å²) in [7, 11) is 3.09. The van der Waals surface area contributed by atoms with E-state index in [1.807, 2.05) is 26.0 Å².